The quantitative estimate of drug-likeness (QED) is 0.286. The molecule has 6 atom stereocenters. The molecule has 0 radical (unpaired) electrons. The first-order valence-electron chi connectivity index (χ1n) is 11.5. The maximum Gasteiger partial charge on any atom is 0.339 e. The number of phenolic OH excluding ortho intramolecular Hbond substituents is 1. The van der Waals surface area contributed by atoms with Gasteiger partial charge in [-0.25, -0.2) is 9.59 Å². The van der Waals surface area contributed by atoms with Crippen molar-refractivity contribution in [2.75, 3.05) is 20.3 Å². The first-order valence-corrected chi connectivity index (χ1v) is 11.5. The summed E-state index contributed by atoms with van der Waals surface area (Å²) in [5.74, 6) is -1.20. The lowest BCUT2D eigenvalue weighted by atomic mass is 9.99. The molecule has 0 bridgehead atoms. The van der Waals surface area contributed by atoms with E-state index in [4.69, 9.17) is 23.7 Å². The summed E-state index contributed by atoms with van der Waals surface area (Å²) < 4.78 is 26.7. The summed E-state index contributed by atoms with van der Waals surface area (Å²) in [5.41, 5.74) is 1.44. The number of cyclic esters (lactones) is 1. The van der Waals surface area contributed by atoms with E-state index in [1.165, 1.54) is 25.3 Å². The molecule has 2 aromatic rings. The molecule has 0 unspecified atom stereocenters. The summed E-state index contributed by atoms with van der Waals surface area (Å²) >= 11 is 0. The van der Waals surface area contributed by atoms with E-state index in [1.54, 1.807) is 12.1 Å². The van der Waals surface area contributed by atoms with Gasteiger partial charge in [0.25, 0.3) is 0 Å². The topological polar surface area (TPSA) is 161 Å². The van der Waals surface area contributed by atoms with Crippen LogP contribution < -0.4 is 4.74 Å². The summed E-state index contributed by atoms with van der Waals surface area (Å²) in [5, 5.41) is 40.4. The highest BCUT2D eigenvalue weighted by atomic mass is 16.7. The number of fused-ring (bicyclic) bond motifs is 1. The van der Waals surface area contributed by atoms with Crippen LogP contribution in [0.15, 0.2) is 42.5 Å². The molecule has 2 aliphatic heterocycles. The zero-order valence-corrected chi connectivity index (χ0v) is 19.5. The molecule has 36 heavy (non-hydrogen) atoms. The molecule has 0 amide bonds. The normalized spacial score (nSPS) is 27.3. The summed E-state index contributed by atoms with van der Waals surface area (Å²) in [7, 11) is 1.34. The van der Waals surface area contributed by atoms with Gasteiger partial charge in [-0.15, -0.1) is 0 Å². The average Bonchev–Trinajstić information content (AvgIpc) is 3.21. The van der Waals surface area contributed by atoms with Crippen LogP contribution in [-0.2, 0) is 18.9 Å². The van der Waals surface area contributed by atoms with Gasteiger partial charge in [-0.05, 0) is 37.1 Å². The first kappa shape index (κ1) is 25.9. The first-order chi connectivity index (χ1) is 17.3. The Morgan fingerprint density at radius 1 is 1.06 bits per heavy atom. The van der Waals surface area contributed by atoms with Gasteiger partial charge in [0.2, 0.25) is 0 Å². The van der Waals surface area contributed by atoms with Crippen LogP contribution in [-0.4, -0.2) is 83.4 Å². The summed E-state index contributed by atoms with van der Waals surface area (Å²) in [6.07, 6.45) is -6.56. The largest absolute Gasteiger partial charge is 0.504 e. The predicted molar refractivity (Wildman–Crippen MR) is 121 cm³/mol. The van der Waals surface area contributed by atoms with Crippen LogP contribution >= 0.6 is 0 Å². The highest BCUT2D eigenvalue weighted by Gasteiger charge is 2.45. The van der Waals surface area contributed by atoms with Crippen molar-refractivity contribution in [3.8, 4) is 11.5 Å². The minimum absolute atomic E-state index is 0.0845. The number of hydrogen-bond donors (Lipinski definition) is 4. The Labute approximate surface area is 206 Å². The molecule has 4 N–H and O–H groups in total. The molecule has 11 heteroatoms. The van der Waals surface area contributed by atoms with Crippen LogP contribution in [0.5, 0.6) is 11.5 Å². The maximum absolute atomic E-state index is 12.4. The number of esters is 2. The van der Waals surface area contributed by atoms with Gasteiger partial charge in [-0.1, -0.05) is 18.2 Å². The Morgan fingerprint density at radius 2 is 1.83 bits per heavy atom. The van der Waals surface area contributed by atoms with Gasteiger partial charge < -0.3 is 44.1 Å². The third-order valence-electron chi connectivity index (χ3n) is 6.13. The molecular weight excluding hydrogens is 476 g/mol. The van der Waals surface area contributed by atoms with E-state index in [1.807, 2.05) is 12.1 Å². The fraction of sp³-hybridized carbons (Fsp3) is 0.440. The van der Waals surface area contributed by atoms with Crippen LogP contribution in [0.25, 0.3) is 0 Å². The number of aliphatic hydroxyl groups excluding tert-OH is 3. The Bertz CT molecular complexity index is 1090. The molecule has 0 aliphatic carbocycles. The van der Waals surface area contributed by atoms with E-state index in [0.29, 0.717) is 18.4 Å². The van der Waals surface area contributed by atoms with Crippen LogP contribution in [0.1, 0.15) is 45.2 Å². The Kier molecular flexibility index (Phi) is 8.07. The van der Waals surface area contributed by atoms with E-state index in [-0.39, 0.29) is 29.6 Å². The fourth-order valence-electron chi connectivity index (χ4n) is 4.14. The van der Waals surface area contributed by atoms with Crippen LogP contribution in [0, 0.1) is 0 Å². The number of rotatable bonds is 9. The lowest BCUT2D eigenvalue weighted by Crippen LogP contribution is -2.59. The lowest BCUT2D eigenvalue weighted by molar-refractivity contribution is -0.301. The summed E-state index contributed by atoms with van der Waals surface area (Å²) in [6.45, 7) is -0.317. The number of benzene rings is 2. The molecule has 1 saturated heterocycles. The van der Waals surface area contributed by atoms with E-state index in [9.17, 15) is 30.0 Å². The van der Waals surface area contributed by atoms with Gasteiger partial charge in [-0.3, -0.25) is 0 Å². The van der Waals surface area contributed by atoms with Crippen molar-refractivity contribution >= 4 is 11.9 Å². The molecule has 11 nitrogen and oxygen atoms in total. The third kappa shape index (κ3) is 5.45. The number of hydrogen-bond acceptors (Lipinski definition) is 11. The second-order valence-corrected chi connectivity index (χ2v) is 8.49. The van der Waals surface area contributed by atoms with Crippen molar-refractivity contribution < 1.29 is 53.7 Å². The number of aliphatic hydroxyl groups is 3. The molecular formula is C25H28O11. The van der Waals surface area contributed by atoms with Gasteiger partial charge in [0.1, 0.15) is 37.1 Å². The highest BCUT2D eigenvalue weighted by Crippen LogP contribution is 2.34. The molecule has 0 saturated carbocycles. The fourth-order valence-corrected chi connectivity index (χ4v) is 4.14. The molecule has 2 aliphatic rings. The predicted octanol–water partition coefficient (Wildman–Crippen LogP) is 1.07. The molecule has 2 aromatic carbocycles. The number of phenols is 1. The molecule has 4 rings (SSSR count). The smallest absolute Gasteiger partial charge is 0.339 e. The van der Waals surface area contributed by atoms with Gasteiger partial charge >= 0.3 is 11.9 Å². The van der Waals surface area contributed by atoms with E-state index in [2.05, 4.69) is 0 Å². The minimum Gasteiger partial charge on any atom is -0.504 e. The van der Waals surface area contributed by atoms with Crippen molar-refractivity contribution in [1.82, 2.24) is 0 Å². The van der Waals surface area contributed by atoms with Crippen LogP contribution in [0.2, 0.25) is 0 Å². The molecule has 2 heterocycles. The number of carbonyl (C=O) groups is 2. The second kappa shape index (κ2) is 11.2. The van der Waals surface area contributed by atoms with E-state index < -0.39 is 49.4 Å². The van der Waals surface area contributed by atoms with Gasteiger partial charge in [-0.2, -0.15) is 0 Å². The number of methoxy groups -OCH3 is 1. The van der Waals surface area contributed by atoms with Gasteiger partial charge in [0, 0.05) is 5.56 Å². The number of carbonyl (C=O) groups excluding carboxylic acids is 2. The second-order valence-electron chi connectivity index (χ2n) is 8.49. The van der Waals surface area contributed by atoms with Gasteiger partial charge in [0.05, 0.1) is 24.8 Å². The molecule has 1 fully saturated rings. The highest BCUT2D eigenvalue weighted by molar-refractivity contribution is 5.94. The van der Waals surface area contributed by atoms with Crippen LogP contribution in [0.3, 0.4) is 0 Å². The van der Waals surface area contributed by atoms with Crippen molar-refractivity contribution in [2.45, 2.75) is 49.7 Å². The SMILES string of the molecule is COc1cc(C(=O)OC[C@@H]2O[C@H](OCCC[C@@H]3OC(=O)c4ccccc43)[C@@H](O)[C@H](O)[C@@H]2O)ccc1O. The van der Waals surface area contributed by atoms with Crippen molar-refractivity contribution in [1.29, 1.82) is 0 Å². The number of aromatic hydroxyl groups is 1. The third-order valence-corrected chi connectivity index (χ3v) is 6.13. The van der Waals surface area contributed by atoms with E-state index in [0.717, 1.165) is 5.56 Å². The molecule has 0 aromatic heterocycles. The monoisotopic (exact) mass is 504 g/mol. The minimum atomic E-state index is -1.59. The standard InChI is InChI=1S/C25H28O11/c1-32-18-11-13(8-9-16(18)26)23(30)34-12-19-20(27)21(28)22(29)25(36-19)33-10-4-7-17-14-5-2-3-6-15(14)24(31)35-17/h2-3,5-6,8-9,11,17,19-22,25-29H,4,7,10,12H2,1H3/t17-,19-,20+,21+,22-,25-/m0/s1. The summed E-state index contributed by atoms with van der Waals surface area (Å²) in [4.78, 5) is 24.3. The van der Waals surface area contributed by atoms with Crippen molar-refractivity contribution in [3.63, 3.8) is 0 Å². The van der Waals surface area contributed by atoms with Crippen LogP contribution in [0.4, 0.5) is 0 Å². The van der Waals surface area contributed by atoms with Crippen molar-refractivity contribution in [3.05, 3.63) is 59.2 Å². The Morgan fingerprint density at radius 3 is 2.61 bits per heavy atom. The van der Waals surface area contributed by atoms with E-state index >= 15 is 0 Å². The number of ether oxygens (including phenoxy) is 5. The lowest BCUT2D eigenvalue weighted by Gasteiger charge is -2.40. The average molecular weight is 504 g/mol. The maximum atomic E-state index is 12.4. The zero-order valence-electron chi connectivity index (χ0n) is 19.5. The Balaban J connectivity index is 1.28. The molecule has 0 spiro atoms. The molecule has 194 valence electrons. The summed E-state index contributed by atoms with van der Waals surface area (Å²) in [6, 6.07) is 11.0. The van der Waals surface area contributed by atoms with Crippen molar-refractivity contribution in [2.24, 2.45) is 0 Å². The zero-order chi connectivity index (χ0) is 25.8. The Hall–Kier alpha value is -3.22. The van der Waals surface area contributed by atoms with Gasteiger partial charge in [0.15, 0.2) is 17.8 Å².